The number of carboxylic acids is 2. The van der Waals surface area contributed by atoms with E-state index in [9.17, 15) is 4.79 Å². The first-order valence-corrected chi connectivity index (χ1v) is 13.2. The zero-order valence-corrected chi connectivity index (χ0v) is 22.6. The molecule has 0 unspecified atom stereocenters. The fourth-order valence-corrected chi connectivity index (χ4v) is 4.40. The number of carboxylic acid groups (broad SMARTS) is 2. The minimum absolute atomic E-state index is 0.107. The molecule has 0 aliphatic carbocycles. The average molecular weight is 549 g/mol. The Hall–Kier alpha value is -4.37. The van der Waals surface area contributed by atoms with Gasteiger partial charge in [-0.05, 0) is 61.2 Å². The number of likely N-dealkylation sites (tertiary alicyclic amines) is 1. The van der Waals surface area contributed by atoms with Gasteiger partial charge in [-0.15, -0.1) is 0 Å². The van der Waals surface area contributed by atoms with E-state index in [0.29, 0.717) is 13.2 Å². The Kier molecular flexibility index (Phi) is 12.0. The monoisotopic (exact) mass is 548 g/mol. The zero-order valence-electron chi connectivity index (χ0n) is 22.6. The summed E-state index contributed by atoms with van der Waals surface area (Å²) in [4.78, 5) is 33.2. The molecule has 40 heavy (non-hydrogen) atoms. The molecule has 9 heteroatoms. The number of benzene rings is 3. The molecular weight excluding hydrogens is 512 g/mol. The number of nitrogens with one attached hydrogen (secondary N) is 1. The van der Waals surface area contributed by atoms with Crippen LogP contribution >= 0.6 is 0 Å². The van der Waals surface area contributed by atoms with E-state index in [0.717, 1.165) is 56.0 Å². The van der Waals surface area contributed by atoms with Crippen LogP contribution in [-0.4, -0.2) is 59.7 Å². The number of carbonyl (C=O) groups excluding carboxylic acids is 1. The van der Waals surface area contributed by atoms with Gasteiger partial charge in [0.15, 0.2) is 11.5 Å². The highest BCUT2D eigenvalue weighted by atomic mass is 16.5. The molecule has 0 spiro atoms. The molecule has 1 fully saturated rings. The minimum Gasteiger partial charge on any atom is -0.493 e. The van der Waals surface area contributed by atoms with Crippen molar-refractivity contribution in [3.05, 3.63) is 95.6 Å². The van der Waals surface area contributed by atoms with Gasteiger partial charge in [0.1, 0.15) is 6.61 Å². The SMILES string of the molecule is COc1cc(CN2CCC(C(=O)NCCc3ccccc3)CC2)ccc1OCc1ccccc1.O=C(O)C(=O)O. The van der Waals surface area contributed by atoms with Gasteiger partial charge in [-0.25, -0.2) is 9.59 Å². The summed E-state index contributed by atoms with van der Waals surface area (Å²) in [5.74, 6) is -1.85. The molecule has 1 saturated heterocycles. The van der Waals surface area contributed by atoms with E-state index in [4.69, 9.17) is 29.3 Å². The predicted molar refractivity (Wildman–Crippen MR) is 150 cm³/mol. The van der Waals surface area contributed by atoms with Gasteiger partial charge >= 0.3 is 11.9 Å². The quantitative estimate of drug-likeness (QED) is 0.325. The van der Waals surface area contributed by atoms with Crippen molar-refractivity contribution in [3.63, 3.8) is 0 Å². The molecule has 0 aromatic heterocycles. The summed E-state index contributed by atoms with van der Waals surface area (Å²) < 4.78 is 11.6. The Morgan fingerprint density at radius 2 is 1.43 bits per heavy atom. The van der Waals surface area contributed by atoms with Crippen molar-refractivity contribution in [2.24, 2.45) is 5.92 Å². The molecular formula is C31H36N2O7. The normalized spacial score (nSPS) is 13.4. The highest BCUT2D eigenvalue weighted by molar-refractivity contribution is 6.27. The smallest absolute Gasteiger partial charge is 0.414 e. The average Bonchev–Trinajstić information content (AvgIpc) is 2.98. The number of piperidine rings is 1. The molecule has 1 heterocycles. The number of aliphatic carboxylic acids is 2. The lowest BCUT2D eigenvalue weighted by Crippen LogP contribution is -2.40. The van der Waals surface area contributed by atoms with E-state index >= 15 is 0 Å². The molecule has 3 aromatic carbocycles. The highest BCUT2D eigenvalue weighted by Crippen LogP contribution is 2.30. The second-order valence-corrected chi connectivity index (χ2v) is 9.45. The van der Waals surface area contributed by atoms with E-state index in [-0.39, 0.29) is 11.8 Å². The molecule has 3 N–H and O–H groups in total. The Balaban J connectivity index is 0.000000663. The van der Waals surface area contributed by atoms with Crippen molar-refractivity contribution in [1.29, 1.82) is 0 Å². The number of nitrogens with zero attached hydrogens (tertiary/aromatic N) is 1. The van der Waals surface area contributed by atoms with Crippen molar-refractivity contribution in [2.45, 2.75) is 32.4 Å². The van der Waals surface area contributed by atoms with Crippen LogP contribution in [0.3, 0.4) is 0 Å². The third-order valence-electron chi connectivity index (χ3n) is 6.57. The Morgan fingerprint density at radius 1 is 0.825 bits per heavy atom. The van der Waals surface area contributed by atoms with Crippen molar-refractivity contribution >= 4 is 17.8 Å². The second kappa shape index (κ2) is 15.9. The molecule has 1 amide bonds. The molecule has 0 bridgehead atoms. The van der Waals surface area contributed by atoms with Crippen LogP contribution in [0.25, 0.3) is 0 Å². The summed E-state index contributed by atoms with van der Waals surface area (Å²) in [5, 5.41) is 17.9. The molecule has 9 nitrogen and oxygen atoms in total. The lowest BCUT2D eigenvalue weighted by atomic mass is 9.95. The number of rotatable bonds is 10. The van der Waals surface area contributed by atoms with E-state index in [1.54, 1.807) is 7.11 Å². The van der Waals surface area contributed by atoms with Gasteiger partial charge in [-0.1, -0.05) is 66.7 Å². The molecule has 0 radical (unpaired) electrons. The van der Waals surface area contributed by atoms with Crippen LogP contribution in [0.4, 0.5) is 0 Å². The van der Waals surface area contributed by atoms with Crippen molar-refractivity contribution in [1.82, 2.24) is 10.2 Å². The maximum atomic E-state index is 12.6. The minimum atomic E-state index is -1.82. The van der Waals surface area contributed by atoms with Gasteiger partial charge < -0.3 is 25.0 Å². The van der Waals surface area contributed by atoms with Gasteiger partial charge in [0.2, 0.25) is 5.91 Å². The van der Waals surface area contributed by atoms with E-state index in [2.05, 4.69) is 34.5 Å². The Labute approximate surface area is 234 Å². The lowest BCUT2D eigenvalue weighted by Gasteiger charge is -2.31. The number of ether oxygens (including phenoxy) is 2. The van der Waals surface area contributed by atoms with Crippen LogP contribution in [0.2, 0.25) is 0 Å². The third-order valence-corrected chi connectivity index (χ3v) is 6.57. The van der Waals surface area contributed by atoms with Crippen LogP contribution in [-0.2, 0) is 34.0 Å². The molecule has 212 valence electrons. The largest absolute Gasteiger partial charge is 0.493 e. The summed E-state index contributed by atoms with van der Waals surface area (Å²) >= 11 is 0. The first-order valence-electron chi connectivity index (χ1n) is 13.2. The highest BCUT2D eigenvalue weighted by Gasteiger charge is 2.25. The number of methoxy groups -OCH3 is 1. The lowest BCUT2D eigenvalue weighted by molar-refractivity contribution is -0.159. The van der Waals surface area contributed by atoms with Crippen LogP contribution in [0.15, 0.2) is 78.9 Å². The van der Waals surface area contributed by atoms with Crippen molar-refractivity contribution < 1.29 is 34.1 Å². The fraction of sp³-hybridized carbons (Fsp3) is 0.323. The van der Waals surface area contributed by atoms with E-state index < -0.39 is 11.9 Å². The number of amides is 1. The summed E-state index contributed by atoms with van der Waals surface area (Å²) in [7, 11) is 1.68. The summed E-state index contributed by atoms with van der Waals surface area (Å²) in [6, 6.07) is 26.6. The summed E-state index contributed by atoms with van der Waals surface area (Å²) in [5.41, 5.74) is 3.57. The summed E-state index contributed by atoms with van der Waals surface area (Å²) in [6.07, 6.45) is 2.66. The van der Waals surface area contributed by atoms with Gasteiger partial charge in [0, 0.05) is 19.0 Å². The first-order chi connectivity index (χ1) is 19.4. The fourth-order valence-electron chi connectivity index (χ4n) is 4.40. The molecule has 1 aliphatic heterocycles. The molecule has 0 atom stereocenters. The second-order valence-electron chi connectivity index (χ2n) is 9.45. The van der Waals surface area contributed by atoms with Crippen LogP contribution in [0.5, 0.6) is 11.5 Å². The van der Waals surface area contributed by atoms with Crippen LogP contribution in [0.1, 0.15) is 29.5 Å². The number of hydrogen-bond donors (Lipinski definition) is 3. The topological polar surface area (TPSA) is 125 Å². The molecule has 4 rings (SSSR count). The first kappa shape index (κ1) is 30.2. The van der Waals surface area contributed by atoms with Crippen LogP contribution in [0, 0.1) is 5.92 Å². The van der Waals surface area contributed by atoms with E-state index in [1.165, 1.54) is 11.1 Å². The number of hydrogen-bond acceptors (Lipinski definition) is 6. The summed E-state index contributed by atoms with van der Waals surface area (Å²) in [6.45, 7) is 3.90. The van der Waals surface area contributed by atoms with Crippen molar-refractivity contribution in [3.8, 4) is 11.5 Å². The number of carbonyl (C=O) groups is 3. The Morgan fingerprint density at radius 3 is 2.00 bits per heavy atom. The van der Waals surface area contributed by atoms with E-state index in [1.807, 2.05) is 54.6 Å². The third kappa shape index (κ3) is 10.1. The Bertz CT molecular complexity index is 1210. The maximum absolute atomic E-state index is 12.6. The molecule has 1 aliphatic rings. The van der Waals surface area contributed by atoms with Gasteiger partial charge in [0.25, 0.3) is 0 Å². The van der Waals surface area contributed by atoms with Gasteiger partial charge in [-0.2, -0.15) is 0 Å². The molecule has 0 saturated carbocycles. The zero-order chi connectivity index (χ0) is 28.7. The standard InChI is InChI=1S/C29H34N2O3.C2H2O4/c1-33-28-20-25(12-13-27(28)34-22-24-10-6-3-7-11-24)21-31-18-15-26(16-19-31)29(32)30-17-14-23-8-4-2-5-9-23;3-1(4)2(5)6/h2-13,20,26H,14-19,21-22H2,1H3,(H,30,32);(H,3,4)(H,5,6). The predicted octanol–water partition coefficient (Wildman–Crippen LogP) is 4.00. The molecule has 3 aromatic rings. The van der Waals surface area contributed by atoms with Crippen LogP contribution < -0.4 is 14.8 Å². The van der Waals surface area contributed by atoms with Gasteiger partial charge in [-0.3, -0.25) is 9.69 Å². The van der Waals surface area contributed by atoms with Crippen molar-refractivity contribution in [2.75, 3.05) is 26.7 Å². The maximum Gasteiger partial charge on any atom is 0.414 e. The van der Waals surface area contributed by atoms with Gasteiger partial charge in [0.05, 0.1) is 7.11 Å².